The molecule has 124 valence electrons. The van der Waals surface area contributed by atoms with Gasteiger partial charge in [-0.3, -0.25) is 5.32 Å². The van der Waals surface area contributed by atoms with Crippen molar-refractivity contribution in [1.29, 1.82) is 0 Å². The first-order valence-electron chi connectivity index (χ1n) is 7.72. The number of benzene rings is 1. The molecule has 6 nitrogen and oxygen atoms in total. The molecule has 3 N–H and O–H groups in total. The van der Waals surface area contributed by atoms with Crippen molar-refractivity contribution in [3.8, 4) is 5.69 Å². The minimum atomic E-state index is -0.323. The van der Waals surface area contributed by atoms with Crippen LogP contribution in [0.25, 0.3) is 5.69 Å². The second kappa shape index (κ2) is 7.28. The molecule has 1 aromatic heterocycles. The van der Waals surface area contributed by atoms with E-state index in [1.165, 1.54) is 11.1 Å². The fourth-order valence-corrected chi connectivity index (χ4v) is 2.51. The molecule has 2 aromatic rings. The van der Waals surface area contributed by atoms with Gasteiger partial charge in [-0.2, -0.15) is 0 Å². The third-order valence-corrected chi connectivity index (χ3v) is 3.52. The molecule has 2 amide bonds. The molecule has 1 aromatic carbocycles. The number of aliphatic hydroxyl groups is 1. The van der Waals surface area contributed by atoms with Gasteiger partial charge in [-0.1, -0.05) is 6.07 Å². The van der Waals surface area contributed by atoms with Crippen molar-refractivity contribution in [3.05, 3.63) is 41.1 Å². The first-order chi connectivity index (χ1) is 10.9. The summed E-state index contributed by atoms with van der Waals surface area (Å²) in [5.74, 6) is 0.496. The number of hydrogen-bond acceptors (Lipinski definition) is 3. The lowest BCUT2D eigenvalue weighted by Crippen LogP contribution is -2.36. The van der Waals surface area contributed by atoms with E-state index < -0.39 is 0 Å². The van der Waals surface area contributed by atoms with Crippen molar-refractivity contribution < 1.29 is 9.90 Å². The Kier molecular flexibility index (Phi) is 5.39. The van der Waals surface area contributed by atoms with Gasteiger partial charge in [0.25, 0.3) is 0 Å². The Hall–Kier alpha value is -2.34. The number of hydrogen-bond donors (Lipinski definition) is 3. The van der Waals surface area contributed by atoms with Crippen LogP contribution in [0.15, 0.2) is 24.3 Å². The van der Waals surface area contributed by atoms with E-state index in [1.807, 2.05) is 38.4 Å². The van der Waals surface area contributed by atoms with Gasteiger partial charge >= 0.3 is 6.03 Å². The third kappa shape index (κ3) is 4.56. The normalized spacial score (nSPS) is 12.0. The number of nitrogens with one attached hydrogen (secondary N) is 2. The van der Waals surface area contributed by atoms with Crippen LogP contribution in [0.2, 0.25) is 0 Å². The quantitative estimate of drug-likeness (QED) is 0.793. The number of anilines is 1. The Morgan fingerprint density at radius 2 is 1.87 bits per heavy atom. The number of carbonyl (C=O) groups excluding carboxylic acids is 1. The Labute approximate surface area is 136 Å². The molecule has 0 spiro atoms. The highest BCUT2D eigenvalue weighted by molar-refractivity contribution is 5.88. The van der Waals surface area contributed by atoms with Gasteiger partial charge in [0.05, 0.1) is 5.69 Å². The molecule has 0 radical (unpaired) electrons. The van der Waals surface area contributed by atoms with E-state index in [0.29, 0.717) is 12.2 Å². The summed E-state index contributed by atoms with van der Waals surface area (Å²) in [5.41, 5.74) is 4.25. The number of aryl methyl sites for hydroxylation is 3. The summed E-state index contributed by atoms with van der Waals surface area (Å²) >= 11 is 0. The van der Waals surface area contributed by atoms with E-state index in [-0.39, 0.29) is 18.7 Å². The van der Waals surface area contributed by atoms with Crippen LogP contribution >= 0.6 is 0 Å². The second-order valence-electron chi connectivity index (χ2n) is 5.94. The molecular formula is C17H24N4O2. The number of carbonyl (C=O) groups is 1. The van der Waals surface area contributed by atoms with Gasteiger partial charge in [0.15, 0.2) is 5.82 Å². The maximum atomic E-state index is 11.9. The topological polar surface area (TPSA) is 79.2 Å². The first kappa shape index (κ1) is 17.0. The van der Waals surface area contributed by atoms with Crippen LogP contribution < -0.4 is 10.6 Å². The van der Waals surface area contributed by atoms with Crippen molar-refractivity contribution >= 4 is 11.8 Å². The largest absolute Gasteiger partial charge is 0.396 e. The molecular weight excluding hydrogens is 292 g/mol. The minimum Gasteiger partial charge on any atom is -0.396 e. The zero-order valence-corrected chi connectivity index (χ0v) is 14.1. The fraction of sp³-hybridized carbons (Fsp3) is 0.412. The Morgan fingerprint density at radius 1 is 1.22 bits per heavy atom. The smallest absolute Gasteiger partial charge is 0.320 e. The van der Waals surface area contributed by atoms with Gasteiger partial charge in [0, 0.05) is 24.4 Å². The minimum absolute atomic E-state index is 0.0435. The van der Waals surface area contributed by atoms with Crippen molar-refractivity contribution in [3.63, 3.8) is 0 Å². The van der Waals surface area contributed by atoms with Gasteiger partial charge in [-0.15, -0.1) is 5.10 Å². The molecule has 0 saturated heterocycles. The number of aromatic nitrogens is 2. The van der Waals surface area contributed by atoms with Crippen molar-refractivity contribution in [2.24, 2.45) is 0 Å². The lowest BCUT2D eigenvalue weighted by Gasteiger charge is -2.12. The molecule has 0 saturated carbocycles. The number of rotatable bonds is 5. The summed E-state index contributed by atoms with van der Waals surface area (Å²) < 4.78 is 1.81. The Balaban J connectivity index is 2.13. The zero-order valence-electron chi connectivity index (χ0n) is 14.1. The van der Waals surface area contributed by atoms with E-state index in [0.717, 1.165) is 11.4 Å². The van der Waals surface area contributed by atoms with E-state index in [2.05, 4.69) is 33.9 Å². The molecule has 0 bridgehead atoms. The number of nitrogens with zero attached hydrogens (tertiary/aromatic N) is 2. The summed E-state index contributed by atoms with van der Waals surface area (Å²) in [6.45, 7) is 7.92. The van der Waals surface area contributed by atoms with Crippen LogP contribution in [0.3, 0.4) is 0 Å². The molecule has 23 heavy (non-hydrogen) atoms. The molecule has 0 aliphatic rings. The summed E-state index contributed by atoms with van der Waals surface area (Å²) in [5, 5.41) is 18.8. The van der Waals surface area contributed by atoms with Gasteiger partial charge in [0.1, 0.15) is 0 Å². The van der Waals surface area contributed by atoms with Crippen molar-refractivity contribution in [1.82, 2.24) is 15.1 Å². The maximum Gasteiger partial charge on any atom is 0.320 e. The molecule has 0 unspecified atom stereocenters. The van der Waals surface area contributed by atoms with Gasteiger partial charge in [-0.25, -0.2) is 9.48 Å². The number of urea groups is 1. The van der Waals surface area contributed by atoms with E-state index in [1.54, 1.807) is 0 Å². The Bertz CT molecular complexity index is 674. The van der Waals surface area contributed by atoms with Crippen molar-refractivity contribution in [2.75, 3.05) is 11.9 Å². The predicted octanol–water partition coefficient (Wildman–Crippen LogP) is 2.69. The fourth-order valence-electron chi connectivity index (χ4n) is 2.51. The second-order valence-corrected chi connectivity index (χ2v) is 5.94. The van der Waals surface area contributed by atoms with Gasteiger partial charge in [0.2, 0.25) is 0 Å². The van der Waals surface area contributed by atoms with Gasteiger partial charge < -0.3 is 10.4 Å². The molecule has 1 atom stereocenters. The van der Waals surface area contributed by atoms with Crippen LogP contribution in [0, 0.1) is 20.8 Å². The van der Waals surface area contributed by atoms with E-state index in [9.17, 15) is 4.79 Å². The van der Waals surface area contributed by atoms with Gasteiger partial charge in [-0.05, 0) is 57.4 Å². The SMILES string of the molecule is Cc1cc(C)cc(-n2nc(NC(=O)N[C@H](C)CCO)cc2C)c1. The van der Waals surface area contributed by atoms with Crippen LogP contribution in [0.5, 0.6) is 0 Å². The Morgan fingerprint density at radius 3 is 2.48 bits per heavy atom. The van der Waals surface area contributed by atoms with Crippen LogP contribution in [0.1, 0.15) is 30.2 Å². The number of amides is 2. The lowest BCUT2D eigenvalue weighted by molar-refractivity contribution is 0.241. The number of aliphatic hydroxyl groups excluding tert-OH is 1. The van der Waals surface area contributed by atoms with Crippen molar-refractivity contribution in [2.45, 2.75) is 40.2 Å². The standard InChI is InChI=1S/C17H24N4O2/c1-11-7-12(2)9-15(8-11)21-14(4)10-16(20-21)19-17(23)18-13(3)5-6-22/h7-10,13,22H,5-6H2,1-4H3,(H2,18,19,20,23)/t13-/m1/s1. The maximum absolute atomic E-state index is 11.9. The zero-order chi connectivity index (χ0) is 17.0. The first-order valence-corrected chi connectivity index (χ1v) is 7.72. The molecule has 0 aliphatic carbocycles. The molecule has 0 aliphatic heterocycles. The lowest BCUT2D eigenvalue weighted by atomic mass is 10.1. The summed E-state index contributed by atoms with van der Waals surface area (Å²) in [6, 6.07) is 7.63. The highest BCUT2D eigenvalue weighted by Gasteiger charge is 2.11. The average Bonchev–Trinajstić information content (AvgIpc) is 2.78. The molecule has 2 rings (SSSR count). The van der Waals surface area contributed by atoms with E-state index in [4.69, 9.17) is 5.11 Å². The predicted molar refractivity (Wildman–Crippen MR) is 91.1 cm³/mol. The average molecular weight is 316 g/mol. The molecule has 1 heterocycles. The summed E-state index contributed by atoms with van der Waals surface area (Å²) in [6.07, 6.45) is 0.517. The highest BCUT2D eigenvalue weighted by atomic mass is 16.3. The van der Waals surface area contributed by atoms with Crippen LogP contribution in [-0.4, -0.2) is 33.6 Å². The summed E-state index contributed by atoms with van der Waals surface area (Å²) in [7, 11) is 0. The molecule has 0 fully saturated rings. The van der Waals surface area contributed by atoms with Crippen LogP contribution in [-0.2, 0) is 0 Å². The van der Waals surface area contributed by atoms with Crippen LogP contribution in [0.4, 0.5) is 10.6 Å². The monoisotopic (exact) mass is 316 g/mol. The summed E-state index contributed by atoms with van der Waals surface area (Å²) in [4.78, 5) is 11.9. The molecule has 6 heteroatoms. The third-order valence-electron chi connectivity index (χ3n) is 3.52. The highest BCUT2D eigenvalue weighted by Crippen LogP contribution is 2.18. The van der Waals surface area contributed by atoms with E-state index >= 15 is 0 Å².